The maximum atomic E-state index is 3.39. The molecule has 0 nitrogen and oxygen atoms in total. The van der Waals surface area contributed by atoms with Crippen molar-refractivity contribution < 1.29 is 49.0 Å². The van der Waals surface area contributed by atoms with Gasteiger partial charge in [-0.25, -0.2) is 5.57 Å². The van der Waals surface area contributed by atoms with E-state index in [0.717, 1.165) is 0 Å². The van der Waals surface area contributed by atoms with Crippen molar-refractivity contribution in [2.45, 2.75) is 80.1 Å². The summed E-state index contributed by atoms with van der Waals surface area (Å²) in [7, 11) is 0. The van der Waals surface area contributed by atoms with E-state index in [1.54, 1.807) is 0 Å². The zero-order valence-corrected chi connectivity index (χ0v) is 36.4. The van der Waals surface area contributed by atoms with Crippen LogP contribution in [0.5, 0.6) is 0 Å². The fourth-order valence-corrected chi connectivity index (χ4v) is 7.12. The molecule has 0 spiro atoms. The maximum Gasteiger partial charge on any atom is -1.00 e. The number of fused-ring (bicyclic) bond motifs is 3. The van der Waals surface area contributed by atoms with Crippen LogP contribution in [0.4, 0.5) is 0 Å². The van der Waals surface area contributed by atoms with Gasteiger partial charge in [0.1, 0.15) is 0 Å². The summed E-state index contributed by atoms with van der Waals surface area (Å²) in [6.45, 7) is 22.2. The molecule has 1 aliphatic rings. The monoisotopic (exact) mass is 800 g/mol. The first-order valence-electron chi connectivity index (χ1n) is 17.8. The number of benzene rings is 5. The average Bonchev–Trinajstić information content (AvgIpc) is 3.63. The first kappa shape index (κ1) is 43.2. The minimum atomic E-state index is 0. The summed E-state index contributed by atoms with van der Waals surface area (Å²) >= 11 is 1.46. The molecule has 0 aromatic heterocycles. The van der Waals surface area contributed by atoms with Gasteiger partial charge in [-0.2, -0.15) is 11.6 Å². The minimum absolute atomic E-state index is 0. The Labute approximate surface area is 341 Å². The molecule has 3 heteroatoms. The minimum Gasteiger partial charge on any atom is -1.00 e. The summed E-state index contributed by atoms with van der Waals surface area (Å²) in [6.07, 6.45) is 5.66. The molecular weight excluding hydrogens is 751 g/mol. The van der Waals surface area contributed by atoms with Gasteiger partial charge < -0.3 is 24.8 Å². The molecule has 0 heterocycles. The standard InChI is InChI=1S/C21H25.C15H14.C13H13.2ClH.Zr/c1-20(2,3)16-9-7-14-11-15-8-10-17(21(4,5)6)13-19(15)18(14)12-16;1-12-3-7-14(8-4-12)11-15-9-5-13(2)6-10-15;1-10-8-11(2)13(9-10)12-6-4-3-5-7-12;;;/h7-13H,1-6H3;3-10H,1-2H3;3-7,9-10H,1-2H3;2*1H;/q-1;;-1;;;+2/p-2. The number of hydrogen-bond acceptors (Lipinski definition) is 0. The van der Waals surface area contributed by atoms with Gasteiger partial charge in [-0.1, -0.05) is 127 Å². The van der Waals surface area contributed by atoms with Gasteiger partial charge in [0.15, 0.2) is 0 Å². The van der Waals surface area contributed by atoms with E-state index in [9.17, 15) is 0 Å². The Hall–Kier alpha value is -3.22. The van der Waals surface area contributed by atoms with Crippen molar-refractivity contribution in [2.24, 2.45) is 5.92 Å². The third-order valence-electron chi connectivity index (χ3n) is 9.47. The van der Waals surface area contributed by atoms with Gasteiger partial charge in [-0.15, -0.1) is 45.3 Å². The number of halogens is 2. The van der Waals surface area contributed by atoms with Gasteiger partial charge in [-0.3, -0.25) is 6.08 Å². The molecule has 1 atom stereocenters. The van der Waals surface area contributed by atoms with E-state index >= 15 is 0 Å². The topological polar surface area (TPSA) is 0 Å². The maximum absolute atomic E-state index is 3.39. The average molecular weight is 803 g/mol. The molecule has 0 bridgehead atoms. The number of rotatable bonds is 3. The normalized spacial score (nSPS) is 13.8. The van der Waals surface area contributed by atoms with Crippen molar-refractivity contribution in [1.82, 2.24) is 0 Å². The molecular formula is C49H52Cl2Zr-2. The molecule has 0 radical (unpaired) electrons. The summed E-state index contributed by atoms with van der Waals surface area (Å²) < 4.78 is 1.42. The molecule has 1 unspecified atom stereocenters. The zero-order chi connectivity index (χ0) is 36.2. The van der Waals surface area contributed by atoms with Crippen molar-refractivity contribution in [2.75, 3.05) is 0 Å². The Morgan fingerprint density at radius 1 is 0.596 bits per heavy atom. The van der Waals surface area contributed by atoms with E-state index in [1.807, 2.05) is 6.07 Å². The summed E-state index contributed by atoms with van der Waals surface area (Å²) in [5, 5.41) is 5.49. The Morgan fingerprint density at radius 2 is 1.02 bits per heavy atom. The molecule has 0 amide bonds. The number of allylic oxidation sites excluding steroid dienone is 4. The van der Waals surface area contributed by atoms with Crippen LogP contribution in [-0.4, -0.2) is 3.21 Å². The van der Waals surface area contributed by atoms with E-state index in [2.05, 4.69) is 197 Å². The van der Waals surface area contributed by atoms with Gasteiger partial charge >= 0.3 is 112 Å². The van der Waals surface area contributed by atoms with Gasteiger partial charge in [0.25, 0.3) is 0 Å². The van der Waals surface area contributed by atoms with Crippen LogP contribution in [0, 0.1) is 25.8 Å². The van der Waals surface area contributed by atoms with E-state index in [4.69, 9.17) is 0 Å². The molecule has 7 rings (SSSR count). The molecule has 52 heavy (non-hydrogen) atoms. The van der Waals surface area contributed by atoms with Crippen LogP contribution in [-0.2, 0) is 35.1 Å². The fourth-order valence-electron chi connectivity index (χ4n) is 6.30. The number of aryl methyl sites for hydroxylation is 2. The van der Waals surface area contributed by atoms with Crippen LogP contribution in [0.1, 0.15) is 94.3 Å². The third kappa shape index (κ3) is 10.9. The smallest absolute Gasteiger partial charge is 1.00 e. The Balaban J connectivity index is 0.000000212. The first-order valence-corrected chi connectivity index (χ1v) is 19.1. The van der Waals surface area contributed by atoms with Gasteiger partial charge in [-0.05, 0) is 10.8 Å². The predicted molar refractivity (Wildman–Crippen MR) is 216 cm³/mol. The largest absolute Gasteiger partial charge is 1.00 e. The fraction of sp³-hybridized carbons (Fsp3) is 0.265. The van der Waals surface area contributed by atoms with Crippen LogP contribution in [0.2, 0.25) is 0 Å². The van der Waals surface area contributed by atoms with Crippen molar-refractivity contribution in [3.8, 4) is 0 Å². The molecule has 1 aliphatic carbocycles. The Morgan fingerprint density at radius 3 is 1.38 bits per heavy atom. The molecule has 6 aromatic carbocycles. The summed E-state index contributed by atoms with van der Waals surface area (Å²) in [5.41, 5.74) is 12.4. The van der Waals surface area contributed by atoms with Crippen molar-refractivity contribution in [3.05, 3.63) is 178 Å². The van der Waals surface area contributed by atoms with Gasteiger partial charge in [0, 0.05) is 0 Å². The first-order chi connectivity index (χ1) is 23.6. The molecule has 0 aliphatic heterocycles. The number of hydrogen-bond donors (Lipinski definition) is 0. The zero-order valence-electron chi connectivity index (χ0n) is 32.5. The molecule has 268 valence electrons. The second kappa shape index (κ2) is 18.2. The second-order valence-corrected chi connectivity index (χ2v) is 17.1. The van der Waals surface area contributed by atoms with Crippen LogP contribution in [0.15, 0.2) is 133 Å². The summed E-state index contributed by atoms with van der Waals surface area (Å²) in [4.78, 5) is 0. The van der Waals surface area contributed by atoms with Crippen LogP contribution < -0.4 is 24.8 Å². The summed E-state index contributed by atoms with van der Waals surface area (Å²) in [5.74, 6) is 0.468. The third-order valence-corrected chi connectivity index (χ3v) is 10.9. The molecule has 0 fully saturated rings. The van der Waals surface area contributed by atoms with Crippen LogP contribution in [0.25, 0.3) is 27.1 Å². The quantitative estimate of drug-likeness (QED) is 0.166. The summed E-state index contributed by atoms with van der Waals surface area (Å²) in [6, 6.07) is 44.2. The molecule has 6 aromatic rings. The Bertz CT molecular complexity index is 2030. The second-order valence-electron chi connectivity index (χ2n) is 15.9. The van der Waals surface area contributed by atoms with Crippen LogP contribution in [0.3, 0.4) is 0 Å². The van der Waals surface area contributed by atoms with Crippen LogP contribution >= 0.6 is 0 Å². The van der Waals surface area contributed by atoms with Crippen molar-refractivity contribution >= 4 is 30.3 Å². The van der Waals surface area contributed by atoms with E-state index in [1.165, 1.54) is 99.1 Å². The molecule has 0 saturated heterocycles. The van der Waals surface area contributed by atoms with Gasteiger partial charge in [0.05, 0.1) is 0 Å². The van der Waals surface area contributed by atoms with Gasteiger partial charge in [0.2, 0.25) is 0 Å². The van der Waals surface area contributed by atoms with E-state index in [0.29, 0.717) is 5.92 Å². The molecule has 0 N–H and O–H groups in total. The molecule has 0 saturated carbocycles. The van der Waals surface area contributed by atoms with Crippen molar-refractivity contribution in [1.29, 1.82) is 0 Å². The predicted octanol–water partition coefficient (Wildman–Crippen LogP) is 7.20. The Kier molecular flexibility index (Phi) is 15.1. The van der Waals surface area contributed by atoms with Crippen molar-refractivity contribution in [3.63, 3.8) is 0 Å². The SMILES string of the molecule is CC(C)(C)c1ccc2[cH-]c3ccc(C(C)(C)C)cc3c2c1.CC1=[C-]C(C)C=C1c1ccccc1.Cc1ccc([C](=[Zr+2])c2ccc(C)cc2)cc1.[Cl-].[Cl-]. The van der Waals surface area contributed by atoms with E-state index in [-0.39, 0.29) is 35.6 Å². The van der Waals surface area contributed by atoms with E-state index < -0.39 is 0 Å².